The van der Waals surface area contributed by atoms with Crippen molar-refractivity contribution in [2.24, 2.45) is 11.1 Å². The monoisotopic (exact) mass is 314 g/mol. The van der Waals surface area contributed by atoms with Gasteiger partial charge < -0.3 is 11.1 Å². The Kier molecular flexibility index (Phi) is 4.95. The summed E-state index contributed by atoms with van der Waals surface area (Å²) in [6, 6.07) is 5.94. The van der Waals surface area contributed by atoms with Crippen LogP contribution >= 0.6 is 28.1 Å². The Labute approximate surface area is 117 Å². The van der Waals surface area contributed by atoms with Crippen LogP contribution in [-0.4, -0.2) is 11.5 Å². The molecule has 2 nitrogen and oxygen atoms in total. The first-order chi connectivity index (χ1) is 7.85. The SMILES string of the molecule is CCC(C)(C)CNc1ccc(Br)cc1C(N)=S. The van der Waals surface area contributed by atoms with E-state index in [1.165, 1.54) is 0 Å². The van der Waals surface area contributed by atoms with Crippen LogP contribution in [0, 0.1) is 5.41 Å². The van der Waals surface area contributed by atoms with E-state index >= 15 is 0 Å². The van der Waals surface area contributed by atoms with Crippen LogP contribution in [0.3, 0.4) is 0 Å². The van der Waals surface area contributed by atoms with Crippen molar-refractivity contribution in [2.45, 2.75) is 27.2 Å². The number of anilines is 1. The molecular formula is C13H19BrN2S. The lowest BCUT2D eigenvalue weighted by atomic mass is 9.90. The zero-order chi connectivity index (χ0) is 13.1. The van der Waals surface area contributed by atoms with E-state index < -0.39 is 0 Å². The van der Waals surface area contributed by atoms with Crippen molar-refractivity contribution in [3.8, 4) is 0 Å². The highest BCUT2D eigenvalue weighted by Gasteiger charge is 2.15. The maximum Gasteiger partial charge on any atom is 0.106 e. The minimum Gasteiger partial charge on any atom is -0.389 e. The van der Waals surface area contributed by atoms with Gasteiger partial charge in [0, 0.05) is 22.3 Å². The lowest BCUT2D eigenvalue weighted by molar-refractivity contribution is 0.377. The lowest BCUT2D eigenvalue weighted by Crippen LogP contribution is -2.23. The Morgan fingerprint density at radius 1 is 1.47 bits per heavy atom. The van der Waals surface area contributed by atoms with Crippen LogP contribution in [-0.2, 0) is 0 Å². The number of nitrogens with one attached hydrogen (secondary N) is 1. The molecule has 0 aromatic heterocycles. The van der Waals surface area contributed by atoms with E-state index in [2.05, 4.69) is 42.0 Å². The lowest BCUT2D eigenvalue weighted by Gasteiger charge is -2.24. The van der Waals surface area contributed by atoms with Gasteiger partial charge in [0.1, 0.15) is 4.99 Å². The Morgan fingerprint density at radius 3 is 2.65 bits per heavy atom. The summed E-state index contributed by atoms with van der Waals surface area (Å²) in [7, 11) is 0. The third kappa shape index (κ3) is 4.28. The van der Waals surface area contributed by atoms with Crippen molar-refractivity contribution in [1.82, 2.24) is 0 Å². The van der Waals surface area contributed by atoms with Gasteiger partial charge in [0.05, 0.1) is 0 Å². The summed E-state index contributed by atoms with van der Waals surface area (Å²) < 4.78 is 0.987. The first kappa shape index (κ1) is 14.5. The van der Waals surface area contributed by atoms with Crippen molar-refractivity contribution in [2.75, 3.05) is 11.9 Å². The van der Waals surface area contributed by atoms with Crippen LogP contribution in [0.2, 0.25) is 0 Å². The van der Waals surface area contributed by atoms with Crippen LogP contribution < -0.4 is 11.1 Å². The molecule has 0 aliphatic carbocycles. The number of hydrogen-bond acceptors (Lipinski definition) is 2. The molecule has 1 aromatic rings. The van der Waals surface area contributed by atoms with E-state index in [0.29, 0.717) is 4.99 Å². The second kappa shape index (κ2) is 5.83. The van der Waals surface area contributed by atoms with E-state index in [0.717, 1.165) is 28.7 Å². The molecule has 0 unspecified atom stereocenters. The molecule has 0 spiro atoms. The molecule has 0 saturated heterocycles. The smallest absolute Gasteiger partial charge is 0.106 e. The van der Waals surface area contributed by atoms with Crippen LogP contribution in [0.25, 0.3) is 0 Å². The highest BCUT2D eigenvalue weighted by Crippen LogP contribution is 2.24. The fourth-order valence-corrected chi connectivity index (χ4v) is 1.86. The molecule has 0 aliphatic rings. The van der Waals surface area contributed by atoms with E-state index in [-0.39, 0.29) is 5.41 Å². The molecular weight excluding hydrogens is 296 g/mol. The average Bonchev–Trinajstić information content (AvgIpc) is 2.27. The first-order valence-corrected chi connectivity index (χ1v) is 6.89. The zero-order valence-corrected chi connectivity index (χ0v) is 12.9. The molecule has 4 heteroatoms. The second-order valence-electron chi connectivity index (χ2n) is 4.93. The predicted molar refractivity (Wildman–Crippen MR) is 82.6 cm³/mol. The summed E-state index contributed by atoms with van der Waals surface area (Å²) in [4.78, 5) is 0.420. The van der Waals surface area contributed by atoms with E-state index in [4.69, 9.17) is 18.0 Å². The van der Waals surface area contributed by atoms with Crippen LogP contribution in [0.4, 0.5) is 5.69 Å². The van der Waals surface area contributed by atoms with Crippen LogP contribution in [0.15, 0.2) is 22.7 Å². The van der Waals surface area contributed by atoms with Crippen molar-refractivity contribution in [3.63, 3.8) is 0 Å². The fraction of sp³-hybridized carbons (Fsp3) is 0.462. The normalized spacial score (nSPS) is 11.3. The minimum absolute atomic E-state index is 0.264. The number of thiocarbonyl (C=S) groups is 1. The fourth-order valence-electron chi connectivity index (χ4n) is 1.33. The molecule has 0 heterocycles. The topological polar surface area (TPSA) is 38.0 Å². The summed E-state index contributed by atoms with van der Waals surface area (Å²) in [5.41, 5.74) is 7.88. The van der Waals surface area contributed by atoms with Gasteiger partial charge in [-0.2, -0.15) is 0 Å². The van der Waals surface area contributed by atoms with E-state index in [9.17, 15) is 0 Å². The predicted octanol–water partition coefficient (Wildman–Crippen LogP) is 3.93. The minimum atomic E-state index is 0.264. The molecule has 0 atom stereocenters. The Balaban J connectivity index is 2.88. The van der Waals surface area contributed by atoms with Gasteiger partial charge in [0.15, 0.2) is 0 Å². The molecule has 3 N–H and O–H groups in total. The molecule has 0 saturated carbocycles. The molecule has 0 radical (unpaired) electrons. The van der Waals surface area contributed by atoms with E-state index in [1.807, 2.05) is 18.2 Å². The van der Waals surface area contributed by atoms with Gasteiger partial charge in [-0.15, -0.1) is 0 Å². The Bertz CT molecular complexity index is 416. The zero-order valence-electron chi connectivity index (χ0n) is 10.5. The number of nitrogens with two attached hydrogens (primary N) is 1. The molecule has 17 heavy (non-hydrogen) atoms. The van der Waals surface area contributed by atoms with Crippen molar-refractivity contribution in [3.05, 3.63) is 28.2 Å². The molecule has 0 aliphatic heterocycles. The van der Waals surface area contributed by atoms with Gasteiger partial charge in [-0.25, -0.2) is 0 Å². The van der Waals surface area contributed by atoms with Gasteiger partial charge in [-0.3, -0.25) is 0 Å². The summed E-state index contributed by atoms with van der Waals surface area (Å²) in [5.74, 6) is 0. The third-order valence-electron chi connectivity index (χ3n) is 2.96. The summed E-state index contributed by atoms with van der Waals surface area (Å²) >= 11 is 8.49. The molecule has 1 rings (SSSR count). The third-order valence-corrected chi connectivity index (χ3v) is 3.67. The molecule has 0 bridgehead atoms. The number of benzene rings is 1. The Morgan fingerprint density at radius 2 is 2.12 bits per heavy atom. The van der Waals surface area contributed by atoms with Crippen molar-refractivity contribution < 1.29 is 0 Å². The highest BCUT2D eigenvalue weighted by molar-refractivity contribution is 9.10. The van der Waals surface area contributed by atoms with E-state index in [1.54, 1.807) is 0 Å². The van der Waals surface area contributed by atoms with Crippen LogP contribution in [0.5, 0.6) is 0 Å². The van der Waals surface area contributed by atoms with Crippen LogP contribution in [0.1, 0.15) is 32.8 Å². The van der Waals surface area contributed by atoms with Gasteiger partial charge in [-0.1, -0.05) is 48.9 Å². The second-order valence-corrected chi connectivity index (χ2v) is 6.28. The first-order valence-electron chi connectivity index (χ1n) is 5.69. The molecule has 94 valence electrons. The largest absolute Gasteiger partial charge is 0.389 e. The summed E-state index contributed by atoms with van der Waals surface area (Å²) in [5, 5.41) is 3.42. The number of halogens is 1. The maximum absolute atomic E-state index is 5.73. The quantitative estimate of drug-likeness (QED) is 0.809. The summed E-state index contributed by atoms with van der Waals surface area (Å²) in [6.07, 6.45) is 1.12. The number of rotatable bonds is 5. The average molecular weight is 315 g/mol. The van der Waals surface area contributed by atoms with Gasteiger partial charge in [-0.05, 0) is 30.0 Å². The molecule has 1 aromatic carbocycles. The van der Waals surface area contributed by atoms with Gasteiger partial charge in [0.25, 0.3) is 0 Å². The Hall–Kier alpha value is -0.610. The van der Waals surface area contributed by atoms with Crippen molar-refractivity contribution in [1.29, 1.82) is 0 Å². The number of hydrogen-bond donors (Lipinski definition) is 2. The van der Waals surface area contributed by atoms with Gasteiger partial charge in [0.2, 0.25) is 0 Å². The molecule has 0 fully saturated rings. The van der Waals surface area contributed by atoms with Crippen molar-refractivity contribution >= 4 is 38.8 Å². The highest BCUT2D eigenvalue weighted by atomic mass is 79.9. The van der Waals surface area contributed by atoms with Gasteiger partial charge >= 0.3 is 0 Å². The summed E-state index contributed by atoms with van der Waals surface area (Å²) in [6.45, 7) is 7.57. The standard InChI is InChI=1S/C13H19BrN2S/c1-4-13(2,3)8-16-11-6-5-9(14)7-10(11)12(15)17/h5-7,16H,4,8H2,1-3H3,(H2,15,17). The molecule has 0 amide bonds. The maximum atomic E-state index is 5.73.